The Morgan fingerprint density at radius 1 is 0.893 bits per heavy atom. The van der Waals surface area contributed by atoms with Crippen molar-refractivity contribution in [2.45, 2.75) is 17.6 Å². The maximum absolute atomic E-state index is 6.16. The molecule has 0 aliphatic rings. The molecule has 0 saturated carbocycles. The van der Waals surface area contributed by atoms with Gasteiger partial charge >= 0.3 is 0 Å². The van der Waals surface area contributed by atoms with E-state index in [-0.39, 0.29) is 6.61 Å². The second kappa shape index (κ2) is 8.64. The maximum atomic E-state index is 6.16. The Morgan fingerprint density at radius 3 is 2.54 bits per heavy atom. The highest BCUT2D eigenvalue weighted by atomic mass is 35.5. The lowest BCUT2D eigenvalue weighted by Crippen LogP contribution is -1.95. The zero-order chi connectivity index (χ0) is 19.3. The van der Waals surface area contributed by atoms with Gasteiger partial charge in [0.1, 0.15) is 5.75 Å². The van der Waals surface area contributed by atoms with Gasteiger partial charge in [0.05, 0.1) is 16.3 Å². The average molecular weight is 435 g/mol. The van der Waals surface area contributed by atoms with Crippen LogP contribution in [-0.2, 0) is 12.4 Å². The molecule has 0 aliphatic carbocycles. The summed E-state index contributed by atoms with van der Waals surface area (Å²) in [6, 6.07) is 14.5. The minimum Gasteiger partial charge on any atom is -0.484 e. The van der Waals surface area contributed by atoms with Gasteiger partial charge in [-0.05, 0) is 30.3 Å². The molecule has 0 spiro atoms. The molecule has 142 valence electrons. The van der Waals surface area contributed by atoms with Gasteiger partial charge in [0.2, 0.25) is 11.8 Å². The Hall–Kier alpha value is -2.55. The summed E-state index contributed by atoms with van der Waals surface area (Å²) in [4.78, 5) is 0. The predicted octanol–water partition coefficient (Wildman–Crippen LogP) is 5.30. The van der Waals surface area contributed by atoms with Crippen LogP contribution in [0.4, 0.5) is 0 Å². The summed E-state index contributed by atoms with van der Waals surface area (Å²) < 4.78 is 16.8. The molecule has 4 rings (SSSR count). The van der Waals surface area contributed by atoms with Crippen LogP contribution in [0.2, 0.25) is 10.0 Å². The molecule has 0 fully saturated rings. The molecular weight excluding hydrogens is 423 g/mol. The highest BCUT2D eigenvalue weighted by Gasteiger charge is 2.14. The zero-order valence-corrected chi connectivity index (χ0v) is 16.5. The number of rotatable bonds is 7. The van der Waals surface area contributed by atoms with E-state index in [4.69, 9.17) is 36.8 Å². The Kier molecular flexibility index (Phi) is 5.80. The summed E-state index contributed by atoms with van der Waals surface area (Å²) in [5.74, 6) is 2.21. The standard InChI is InChI=1S/C18H12Cl2N4O3S/c19-11-6-7-13(14(20)8-11)17-23-22-16(26-17)10-28-18-24-21-15(27-18)9-25-12-4-2-1-3-5-12/h1-8H,9-10H2. The molecule has 0 saturated heterocycles. The largest absolute Gasteiger partial charge is 0.484 e. The first-order chi connectivity index (χ1) is 13.7. The highest BCUT2D eigenvalue weighted by Crippen LogP contribution is 2.30. The van der Waals surface area contributed by atoms with E-state index in [1.807, 2.05) is 30.3 Å². The summed E-state index contributed by atoms with van der Waals surface area (Å²) in [7, 11) is 0. The number of halogens is 2. The van der Waals surface area contributed by atoms with Gasteiger partial charge in [0, 0.05) is 5.02 Å². The molecular formula is C18H12Cl2N4O3S. The highest BCUT2D eigenvalue weighted by molar-refractivity contribution is 7.98. The van der Waals surface area contributed by atoms with Gasteiger partial charge in [-0.3, -0.25) is 0 Å². The molecule has 4 aromatic rings. The summed E-state index contributed by atoms with van der Waals surface area (Å²) in [6.45, 7) is 0.192. The average Bonchev–Trinajstić information content (AvgIpc) is 3.35. The van der Waals surface area contributed by atoms with E-state index < -0.39 is 0 Å². The van der Waals surface area contributed by atoms with Crippen LogP contribution in [0.1, 0.15) is 11.8 Å². The second-order valence-electron chi connectivity index (χ2n) is 5.48. The number of benzene rings is 2. The maximum Gasteiger partial charge on any atom is 0.277 e. The van der Waals surface area contributed by atoms with Crippen LogP contribution in [-0.4, -0.2) is 20.4 Å². The van der Waals surface area contributed by atoms with E-state index in [1.165, 1.54) is 11.8 Å². The van der Waals surface area contributed by atoms with E-state index in [2.05, 4.69) is 20.4 Å². The first kappa shape index (κ1) is 18.8. The first-order valence-corrected chi connectivity index (χ1v) is 9.82. The fourth-order valence-corrected chi connectivity index (χ4v) is 3.33. The van der Waals surface area contributed by atoms with Crippen molar-refractivity contribution >= 4 is 35.0 Å². The van der Waals surface area contributed by atoms with Crippen molar-refractivity contribution < 1.29 is 13.6 Å². The third-order valence-electron chi connectivity index (χ3n) is 3.50. The van der Waals surface area contributed by atoms with Crippen LogP contribution in [0.25, 0.3) is 11.5 Å². The monoisotopic (exact) mass is 434 g/mol. The van der Waals surface area contributed by atoms with Crippen LogP contribution in [0.15, 0.2) is 62.6 Å². The SMILES string of the molecule is Clc1ccc(-c2nnc(CSc3nnc(COc4ccccc4)o3)o2)c(Cl)c1. The lowest BCUT2D eigenvalue weighted by Gasteiger charge is -2.01. The molecule has 0 radical (unpaired) electrons. The lowest BCUT2D eigenvalue weighted by atomic mass is 10.2. The number of thioether (sulfide) groups is 1. The first-order valence-electron chi connectivity index (χ1n) is 8.08. The van der Waals surface area contributed by atoms with Crippen LogP contribution >= 0.6 is 35.0 Å². The van der Waals surface area contributed by atoms with Crippen molar-refractivity contribution in [3.63, 3.8) is 0 Å². The van der Waals surface area contributed by atoms with Gasteiger partial charge in [-0.1, -0.05) is 53.2 Å². The van der Waals surface area contributed by atoms with Gasteiger partial charge in [-0.25, -0.2) is 0 Å². The molecule has 0 N–H and O–H groups in total. The molecule has 0 amide bonds. The third kappa shape index (κ3) is 4.64. The molecule has 7 nitrogen and oxygen atoms in total. The fourth-order valence-electron chi connectivity index (χ4n) is 2.22. The number of hydrogen-bond acceptors (Lipinski definition) is 8. The second-order valence-corrected chi connectivity index (χ2v) is 7.25. The fraction of sp³-hybridized carbons (Fsp3) is 0.111. The Balaban J connectivity index is 1.34. The summed E-state index contributed by atoms with van der Waals surface area (Å²) in [6.07, 6.45) is 0. The van der Waals surface area contributed by atoms with E-state index in [9.17, 15) is 0 Å². The summed E-state index contributed by atoms with van der Waals surface area (Å²) in [5, 5.41) is 17.3. The molecule has 28 heavy (non-hydrogen) atoms. The minimum absolute atomic E-state index is 0.192. The third-order valence-corrected chi connectivity index (χ3v) is 4.85. The smallest absolute Gasteiger partial charge is 0.277 e. The van der Waals surface area contributed by atoms with Crippen LogP contribution in [0.3, 0.4) is 0 Å². The molecule has 10 heteroatoms. The normalized spacial score (nSPS) is 10.9. The number of nitrogens with zero attached hydrogens (tertiary/aromatic N) is 4. The molecule has 0 aliphatic heterocycles. The topological polar surface area (TPSA) is 87.1 Å². The minimum atomic E-state index is 0.192. The lowest BCUT2D eigenvalue weighted by molar-refractivity contribution is 0.252. The van der Waals surface area contributed by atoms with Crippen LogP contribution < -0.4 is 4.74 Å². The van der Waals surface area contributed by atoms with Gasteiger partial charge < -0.3 is 13.6 Å². The Bertz CT molecular complexity index is 1070. The van der Waals surface area contributed by atoms with E-state index in [0.29, 0.717) is 44.3 Å². The Morgan fingerprint density at radius 2 is 1.71 bits per heavy atom. The van der Waals surface area contributed by atoms with Crippen molar-refractivity contribution in [1.29, 1.82) is 0 Å². The van der Waals surface area contributed by atoms with Crippen molar-refractivity contribution in [3.8, 4) is 17.2 Å². The van der Waals surface area contributed by atoms with Gasteiger partial charge in [0.15, 0.2) is 6.61 Å². The number of para-hydroxylation sites is 1. The molecule has 2 aromatic heterocycles. The molecule has 0 unspecified atom stereocenters. The van der Waals surface area contributed by atoms with Gasteiger partial charge in [0.25, 0.3) is 11.1 Å². The molecule has 2 aromatic carbocycles. The number of hydrogen-bond donors (Lipinski definition) is 0. The number of ether oxygens (including phenoxy) is 1. The van der Waals surface area contributed by atoms with E-state index in [0.717, 1.165) is 5.75 Å². The van der Waals surface area contributed by atoms with Crippen LogP contribution in [0, 0.1) is 0 Å². The van der Waals surface area contributed by atoms with Crippen molar-refractivity contribution in [3.05, 3.63) is 70.4 Å². The summed E-state index contributed by atoms with van der Waals surface area (Å²) in [5.41, 5.74) is 0.618. The Labute approximate surface area is 174 Å². The summed E-state index contributed by atoms with van der Waals surface area (Å²) >= 11 is 13.3. The van der Waals surface area contributed by atoms with Gasteiger partial charge in [-0.15, -0.1) is 20.4 Å². The quantitative estimate of drug-likeness (QED) is 0.362. The van der Waals surface area contributed by atoms with E-state index in [1.54, 1.807) is 18.2 Å². The van der Waals surface area contributed by atoms with Crippen molar-refractivity contribution in [2.75, 3.05) is 0 Å². The molecule has 0 atom stereocenters. The van der Waals surface area contributed by atoms with Crippen molar-refractivity contribution in [2.24, 2.45) is 0 Å². The van der Waals surface area contributed by atoms with Gasteiger partial charge in [-0.2, -0.15) is 0 Å². The predicted molar refractivity (Wildman–Crippen MR) is 104 cm³/mol. The molecule has 0 bridgehead atoms. The van der Waals surface area contributed by atoms with E-state index >= 15 is 0 Å². The van der Waals surface area contributed by atoms with Crippen LogP contribution in [0.5, 0.6) is 5.75 Å². The number of aromatic nitrogens is 4. The zero-order valence-electron chi connectivity index (χ0n) is 14.2. The van der Waals surface area contributed by atoms with Crippen molar-refractivity contribution in [1.82, 2.24) is 20.4 Å². The molecule has 2 heterocycles.